The molecular weight excluding hydrogens is 485 g/mol. The van der Waals surface area contributed by atoms with Crippen molar-refractivity contribution in [2.45, 2.75) is 77.8 Å². The average Bonchev–Trinajstić information content (AvgIpc) is 3.48. The number of amides is 2. The molecule has 2 aliphatic carbocycles. The number of carbonyl (C=O) groups is 2. The number of H-pyrrole nitrogens is 1. The summed E-state index contributed by atoms with van der Waals surface area (Å²) in [6.07, 6.45) is 11.9. The highest BCUT2D eigenvalue weighted by Crippen LogP contribution is 2.30. The Morgan fingerprint density at radius 1 is 1.16 bits per heavy atom. The first kappa shape index (κ1) is 25.8. The Morgan fingerprint density at radius 2 is 1.95 bits per heavy atom. The summed E-state index contributed by atoms with van der Waals surface area (Å²) >= 11 is 0. The normalized spacial score (nSPS) is 16.6. The lowest BCUT2D eigenvalue weighted by molar-refractivity contribution is -0.119. The summed E-state index contributed by atoms with van der Waals surface area (Å²) in [6.45, 7) is 4.14. The molecule has 2 saturated carbocycles. The lowest BCUT2D eigenvalue weighted by Gasteiger charge is -2.30. The molecule has 0 aromatic carbocycles. The second-order valence-electron chi connectivity index (χ2n) is 10.3. The van der Waals surface area contributed by atoms with Gasteiger partial charge in [-0.2, -0.15) is 14.6 Å². The number of hydrogen-bond acceptors (Lipinski definition) is 5. The Labute approximate surface area is 221 Å². The van der Waals surface area contributed by atoms with Gasteiger partial charge in [-0.3, -0.25) is 19.4 Å². The van der Waals surface area contributed by atoms with Gasteiger partial charge in [-0.05, 0) is 70.1 Å². The van der Waals surface area contributed by atoms with Crippen molar-refractivity contribution in [3.63, 3.8) is 0 Å². The zero-order valence-corrected chi connectivity index (χ0v) is 21.9. The number of aromatic amines is 1. The van der Waals surface area contributed by atoms with Crippen LogP contribution in [0.5, 0.6) is 0 Å². The third kappa shape index (κ3) is 5.54. The van der Waals surface area contributed by atoms with E-state index in [1.54, 1.807) is 36.0 Å². The summed E-state index contributed by atoms with van der Waals surface area (Å²) in [5.74, 6) is -1.36. The molecule has 1 atom stereocenters. The molecule has 0 saturated heterocycles. The number of carbonyl (C=O) groups excluding carboxylic acids is 2. The third-order valence-corrected chi connectivity index (χ3v) is 7.69. The highest BCUT2D eigenvalue weighted by atomic mass is 19.1. The van der Waals surface area contributed by atoms with Crippen LogP contribution in [0, 0.1) is 25.7 Å². The minimum atomic E-state index is -0.765. The van der Waals surface area contributed by atoms with E-state index >= 15 is 0 Å². The average molecular weight is 520 g/mol. The molecule has 3 N–H and O–H groups in total. The van der Waals surface area contributed by atoms with Gasteiger partial charge in [0, 0.05) is 23.0 Å². The first-order chi connectivity index (χ1) is 18.4. The van der Waals surface area contributed by atoms with Crippen LogP contribution in [0.15, 0.2) is 36.0 Å². The number of nitrogens with zero attached hydrogens (tertiary/aromatic N) is 4. The van der Waals surface area contributed by atoms with Crippen molar-refractivity contribution < 1.29 is 14.0 Å². The molecule has 0 spiro atoms. The Kier molecular flexibility index (Phi) is 7.67. The van der Waals surface area contributed by atoms with E-state index in [0.29, 0.717) is 29.1 Å². The van der Waals surface area contributed by atoms with Gasteiger partial charge in [-0.15, -0.1) is 0 Å². The Hall–Kier alpha value is -3.82. The molecule has 2 amide bonds. The van der Waals surface area contributed by atoms with E-state index in [1.165, 1.54) is 12.0 Å². The fourth-order valence-electron chi connectivity index (χ4n) is 5.39. The highest BCUT2D eigenvalue weighted by molar-refractivity contribution is 6.00. The second kappa shape index (κ2) is 11.3. The largest absolute Gasteiger partial charge is 0.339 e. The zero-order chi connectivity index (χ0) is 26.6. The molecule has 0 bridgehead atoms. The second-order valence-corrected chi connectivity index (χ2v) is 10.3. The molecule has 9 nitrogen and oxygen atoms in total. The fourth-order valence-corrected chi connectivity index (χ4v) is 5.39. The fraction of sp³-hybridized carbons (Fsp3) is 0.464. The van der Waals surface area contributed by atoms with Crippen molar-refractivity contribution in [2.75, 3.05) is 5.32 Å². The van der Waals surface area contributed by atoms with Gasteiger partial charge >= 0.3 is 0 Å². The smallest absolute Gasteiger partial charge is 0.270 e. The maximum absolute atomic E-state index is 15.0. The third-order valence-electron chi connectivity index (χ3n) is 7.69. The van der Waals surface area contributed by atoms with Crippen LogP contribution in [0.3, 0.4) is 0 Å². The van der Waals surface area contributed by atoms with Gasteiger partial charge in [0.15, 0.2) is 0 Å². The van der Waals surface area contributed by atoms with Crippen molar-refractivity contribution in [2.24, 2.45) is 5.92 Å². The SMILES string of the molecule is Cc1n[nH]c(C)c1-c1ccc(NC(=O)[C@@H](NC(=O)c2ccnn2CC=C2CCC2)C2CCCCC2)nc1F. The van der Waals surface area contributed by atoms with Crippen LogP contribution in [-0.2, 0) is 11.3 Å². The zero-order valence-electron chi connectivity index (χ0n) is 21.9. The number of halogens is 1. The Morgan fingerprint density at radius 3 is 2.61 bits per heavy atom. The minimum Gasteiger partial charge on any atom is -0.339 e. The van der Waals surface area contributed by atoms with Gasteiger partial charge in [0.25, 0.3) is 5.91 Å². The highest BCUT2D eigenvalue weighted by Gasteiger charge is 2.32. The molecule has 3 heterocycles. The number of allylic oxidation sites excluding steroid dienone is 2. The summed E-state index contributed by atoms with van der Waals surface area (Å²) in [6, 6.07) is 4.07. The van der Waals surface area contributed by atoms with Crippen molar-refractivity contribution in [1.82, 2.24) is 30.3 Å². The van der Waals surface area contributed by atoms with Crippen molar-refractivity contribution >= 4 is 17.6 Å². The number of aryl methyl sites for hydroxylation is 2. The van der Waals surface area contributed by atoms with Crippen molar-refractivity contribution in [3.05, 3.63) is 59.1 Å². The topological polar surface area (TPSA) is 118 Å². The van der Waals surface area contributed by atoms with Crippen LogP contribution in [0.25, 0.3) is 11.1 Å². The van der Waals surface area contributed by atoms with Crippen LogP contribution in [0.4, 0.5) is 10.2 Å². The van der Waals surface area contributed by atoms with Gasteiger partial charge in [-0.25, -0.2) is 4.98 Å². The molecule has 200 valence electrons. The minimum absolute atomic E-state index is 0.0125. The number of rotatable bonds is 8. The standard InChI is InChI=1S/C28H34FN7O2/c1-17-24(18(2)35-34-17)21-11-12-23(31-26(21)29)32-28(38)25(20-9-4-3-5-10-20)33-27(37)22-13-15-30-36(22)16-14-19-7-6-8-19/h11-15,20,25H,3-10,16H2,1-2H3,(H,33,37)(H,34,35)(H,31,32,38)/t25-/m0/s1. The van der Waals surface area contributed by atoms with Crippen molar-refractivity contribution in [1.29, 1.82) is 0 Å². The van der Waals surface area contributed by atoms with Crippen LogP contribution in [0.2, 0.25) is 0 Å². The van der Waals surface area contributed by atoms with E-state index in [2.05, 4.69) is 37.0 Å². The summed E-state index contributed by atoms with van der Waals surface area (Å²) in [5, 5.41) is 17.0. The Bertz CT molecular complexity index is 1330. The summed E-state index contributed by atoms with van der Waals surface area (Å²) in [5.41, 5.74) is 4.18. The summed E-state index contributed by atoms with van der Waals surface area (Å²) < 4.78 is 16.6. The molecule has 2 fully saturated rings. The molecular formula is C28H34FN7O2. The molecule has 3 aromatic rings. The molecule has 0 aliphatic heterocycles. The number of nitrogens with one attached hydrogen (secondary N) is 3. The van der Waals surface area contributed by atoms with E-state index in [4.69, 9.17) is 0 Å². The van der Waals surface area contributed by atoms with E-state index in [-0.39, 0.29) is 17.6 Å². The monoisotopic (exact) mass is 519 g/mol. The molecule has 0 radical (unpaired) electrons. The number of pyridine rings is 1. The molecule has 38 heavy (non-hydrogen) atoms. The van der Waals surface area contributed by atoms with E-state index in [0.717, 1.165) is 50.6 Å². The van der Waals surface area contributed by atoms with E-state index in [1.807, 2.05) is 6.92 Å². The predicted molar refractivity (Wildman–Crippen MR) is 142 cm³/mol. The number of aromatic nitrogens is 5. The molecule has 3 aromatic heterocycles. The maximum atomic E-state index is 15.0. The lowest BCUT2D eigenvalue weighted by atomic mass is 9.83. The van der Waals surface area contributed by atoms with Gasteiger partial charge in [0.2, 0.25) is 11.9 Å². The van der Waals surface area contributed by atoms with Gasteiger partial charge in [0.1, 0.15) is 17.6 Å². The Balaban J connectivity index is 1.32. The van der Waals surface area contributed by atoms with Gasteiger partial charge < -0.3 is 10.6 Å². The maximum Gasteiger partial charge on any atom is 0.270 e. The lowest BCUT2D eigenvalue weighted by Crippen LogP contribution is -2.49. The first-order valence-electron chi connectivity index (χ1n) is 13.4. The molecule has 0 unspecified atom stereocenters. The van der Waals surface area contributed by atoms with E-state index < -0.39 is 17.9 Å². The number of hydrogen-bond donors (Lipinski definition) is 3. The van der Waals surface area contributed by atoms with Gasteiger partial charge in [0.05, 0.1) is 12.2 Å². The van der Waals surface area contributed by atoms with Crippen LogP contribution in [0.1, 0.15) is 73.2 Å². The molecule has 10 heteroatoms. The van der Waals surface area contributed by atoms with Crippen LogP contribution < -0.4 is 10.6 Å². The first-order valence-corrected chi connectivity index (χ1v) is 13.4. The van der Waals surface area contributed by atoms with Crippen LogP contribution in [-0.4, -0.2) is 42.8 Å². The summed E-state index contributed by atoms with van der Waals surface area (Å²) in [4.78, 5) is 30.8. The van der Waals surface area contributed by atoms with Crippen LogP contribution >= 0.6 is 0 Å². The molecule has 2 aliphatic rings. The predicted octanol–water partition coefficient (Wildman–Crippen LogP) is 4.85. The van der Waals surface area contributed by atoms with E-state index in [9.17, 15) is 14.0 Å². The quantitative estimate of drug-likeness (QED) is 0.290. The summed E-state index contributed by atoms with van der Waals surface area (Å²) in [7, 11) is 0. The number of anilines is 1. The molecule has 5 rings (SSSR count). The van der Waals surface area contributed by atoms with Gasteiger partial charge in [-0.1, -0.05) is 30.9 Å². The van der Waals surface area contributed by atoms with Crippen molar-refractivity contribution in [3.8, 4) is 11.1 Å².